The molecule has 0 aromatic heterocycles. The fourth-order valence-corrected chi connectivity index (χ4v) is 2.04. The van der Waals surface area contributed by atoms with Crippen molar-refractivity contribution in [1.29, 1.82) is 5.26 Å². The second kappa shape index (κ2) is 3.22. The van der Waals surface area contributed by atoms with Crippen molar-refractivity contribution in [2.45, 2.75) is 17.4 Å². The van der Waals surface area contributed by atoms with Crippen LogP contribution in [0.3, 0.4) is 0 Å². The van der Waals surface area contributed by atoms with Crippen LogP contribution in [-0.2, 0) is 16.4 Å². The highest BCUT2D eigenvalue weighted by Gasteiger charge is 2.23. The van der Waals surface area contributed by atoms with Crippen molar-refractivity contribution in [3.8, 4) is 11.8 Å². The first kappa shape index (κ1) is 9.96. The fraction of sp³-hybridized carbons (Fsp3) is 0.222. The van der Waals surface area contributed by atoms with Crippen LogP contribution in [0.5, 0.6) is 5.75 Å². The summed E-state index contributed by atoms with van der Waals surface area (Å²) in [5.74, 6) is 0.550. The number of nitrogens with zero attached hydrogens (tertiary/aromatic N) is 1. The molecule has 2 rings (SSSR count). The van der Waals surface area contributed by atoms with Crippen molar-refractivity contribution >= 4 is 10.0 Å². The van der Waals surface area contributed by atoms with Crippen LogP contribution in [0.15, 0.2) is 23.1 Å². The van der Waals surface area contributed by atoms with Crippen molar-refractivity contribution in [2.75, 3.05) is 0 Å². The summed E-state index contributed by atoms with van der Waals surface area (Å²) in [4.78, 5) is 0.0449. The van der Waals surface area contributed by atoms with Gasteiger partial charge in [0, 0.05) is 12.0 Å². The zero-order valence-electron chi connectivity index (χ0n) is 7.67. The molecule has 1 heterocycles. The summed E-state index contributed by atoms with van der Waals surface area (Å²) in [6, 6.07) is 6.30. The first-order valence-electron chi connectivity index (χ1n) is 4.23. The maximum absolute atomic E-state index is 11.1. The van der Waals surface area contributed by atoms with Crippen LogP contribution >= 0.6 is 0 Å². The molecule has 78 valence electrons. The summed E-state index contributed by atoms with van der Waals surface area (Å²) in [7, 11) is -3.69. The van der Waals surface area contributed by atoms with E-state index in [9.17, 15) is 8.42 Å². The summed E-state index contributed by atoms with van der Waals surface area (Å²) in [6.07, 6.45) is -0.134. The lowest BCUT2D eigenvalue weighted by Gasteiger charge is -2.01. The number of benzene rings is 1. The predicted molar refractivity (Wildman–Crippen MR) is 51.5 cm³/mol. The van der Waals surface area contributed by atoms with Crippen LogP contribution in [0.4, 0.5) is 0 Å². The fourth-order valence-electron chi connectivity index (χ4n) is 1.47. The first-order chi connectivity index (χ1) is 7.00. The Kier molecular flexibility index (Phi) is 2.14. The summed E-state index contributed by atoms with van der Waals surface area (Å²) in [6.45, 7) is 0. The Balaban J connectivity index is 2.44. The number of rotatable bonds is 1. The highest BCUT2D eigenvalue weighted by molar-refractivity contribution is 7.89. The van der Waals surface area contributed by atoms with Crippen molar-refractivity contribution < 1.29 is 13.2 Å². The normalized spacial score (nSPS) is 19.1. The van der Waals surface area contributed by atoms with Crippen LogP contribution in [0, 0.1) is 11.3 Å². The summed E-state index contributed by atoms with van der Waals surface area (Å²) < 4.78 is 27.3. The quantitative estimate of drug-likeness (QED) is 0.735. The van der Waals surface area contributed by atoms with Crippen LogP contribution in [0.25, 0.3) is 0 Å². The van der Waals surface area contributed by atoms with Crippen LogP contribution in [-0.4, -0.2) is 14.5 Å². The third kappa shape index (κ3) is 1.79. The lowest BCUT2D eigenvalue weighted by atomic mass is 10.1. The standard InChI is InChI=1S/C9H8N2O3S/c10-5-7-3-6-4-8(15(11,12)13)1-2-9(6)14-7/h1-2,4,7H,3H2,(H2,11,12,13). The zero-order chi connectivity index (χ0) is 11.1. The number of primary sulfonamides is 1. The molecule has 1 aromatic rings. The maximum Gasteiger partial charge on any atom is 0.238 e. The summed E-state index contributed by atoms with van der Waals surface area (Å²) in [5, 5.41) is 13.6. The Morgan fingerprint density at radius 2 is 2.27 bits per heavy atom. The van der Waals surface area contributed by atoms with Gasteiger partial charge < -0.3 is 4.74 Å². The molecule has 0 spiro atoms. The minimum atomic E-state index is -3.69. The number of ether oxygens (including phenoxy) is 1. The molecule has 6 heteroatoms. The van der Waals surface area contributed by atoms with E-state index in [1.807, 2.05) is 6.07 Å². The Labute approximate surface area is 87.1 Å². The summed E-state index contributed by atoms with van der Waals surface area (Å²) >= 11 is 0. The van der Waals surface area contributed by atoms with E-state index < -0.39 is 16.1 Å². The van der Waals surface area contributed by atoms with Gasteiger partial charge in [-0.05, 0) is 18.2 Å². The van der Waals surface area contributed by atoms with E-state index in [1.165, 1.54) is 18.2 Å². The van der Waals surface area contributed by atoms with E-state index >= 15 is 0 Å². The third-order valence-corrected chi connectivity index (χ3v) is 3.09. The van der Waals surface area contributed by atoms with E-state index in [1.54, 1.807) is 0 Å². The highest BCUT2D eigenvalue weighted by atomic mass is 32.2. The third-order valence-electron chi connectivity index (χ3n) is 2.18. The molecule has 1 atom stereocenters. The second-order valence-corrected chi connectivity index (χ2v) is 4.82. The second-order valence-electron chi connectivity index (χ2n) is 3.25. The number of sulfonamides is 1. The molecule has 1 aliphatic heterocycles. The lowest BCUT2D eigenvalue weighted by Crippen LogP contribution is -2.12. The van der Waals surface area contributed by atoms with E-state index in [-0.39, 0.29) is 4.90 Å². The van der Waals surface area contributed by atoms with E-state index in [0.29, 0.717) is 17.7 Å². The van der Waals surface area contributed by atoms with E-state index in [0.717, 1.165) is 0 Å². The molecule has 0 radical (unpaired) electrons. The molecular formula is C9H8N2O3S. The van der Waals surface area contributed by atoms with Crippen molar-refractivity contribution in [2.24, 2.45) is 5.14 Å². The van der Waals surface area contributed by atoms with Crippen LogP contribution in [0.1, 0.15) is 5.56 Å². The van der Waals surface area contributed by atoms with Gasteiger partial charge in [0.1, 0.15) is 11.8 Å². The Bertz CT molecular complexity index is 545. The smallest absolute Gasteiger partial charge is 0.238 e. The topological polar surface area (TPSA) is 93.2 Å². The van der Waals surface area contributed by atoms with Gasteiger partial charge in [0.15, 0.2) is 6.10 Å². The number of fused-ring (bicyclic) bond motifs is 1. The largest absolute Gasteiger partial charge is 0.475 e. The molecule has 0 fully saturated rings. The van der Waals surface area contributed by atoms with Gasteiger partial charge in [0.2, 0.25) is 10.0 Å². The number of hydrogen-bond donors (Lipinski definition) is 1. The minimum Gasteiger partial charge on any atom is -0.475 e. The molecule has 0 bridgehead atoms. The molecule has 5 nitrogen and oxygen atoms in total. The Morgan fingerprint density at radius 3 is 2.87 bits per heavy atom. The number of nitriles is 1. The van der Waals surface area contributed by atoms with Gasteiger partial charge in [-0.3, -0.25) is 0 Å². The van der Waals surface area contributed by atoms with Gasteiger partial charge in [-0.25, -0.2) is 13.6 Å². The maximum atomic E-state index is 11.1. The molecule has 2 N–H and O–H groups in total. The van der Waals surface area contributed by atoms with Crippen molar-refractivity contribution in [1.82, 2.24) is 0 Å². The van der Waals surface area contributed by atoms with Crippen LogP contribution < -0.4 is 9.88 Å². The van der Waals surface area contributed by atoms with Gasteiger partial charge in [0.05, 0.1) is 4.90 Å². The molecule has 0 saturated heterocycles. The Morgan fingerprint density at radius 1 is 1.53 bits per heavy atom. The SMILES string of the molecule is N#CC1Cc2cc(S(N)(=O)=O)ccc2O1. The Hall–Kier alpha value is -1.58. The average Bonchev–Trinajstić information content (AvgIpc) is 2.57. The van der Waals surface area contributed by atoms with Gasteiger partial charge in [-0.2, -0.15) is 5.26 Å². The molecule has 1 aliphatic rings. The summed E-state index contributed by atoms with van der Waals surface area (Å²) in [5.41, 5.74) is 0.702. The number of hydrogen-bond acceptors (Lipinski definition) is 4. The van der Waals surface area contributed by atoms with Crippen molar-refractivity contribution in [3.05, 3.63) is 23.8 Å². The molecule has 1 unspecified atom stereocenters. The molecule has 0 amide bonds. The van der Waals surface area contributed by atoms with Gasteiger partial charge in [-0.1, -0.05) is 0 Å². The number of nitrogens with two attached hydrogens (primary N) is 1. The minimum absolute atomic E-state index is 0.0449. The van der Waals surface area contributed by atoms with Gasteiger partial charge >= 0.3 is 0 Å². The highest BCUT2D eigenvalue weighted by Crippen LogP contribution is 2.30. The zero-order valence-corrected chi connectivity index (χ0v) is 8.49. The average molecular weight is 224 g/mol. The van der Waals surface area contributed by atoms with E-state index in [2.05, 4.69) is 0 Å². The van der Waals surface area contributed by atoms with Crippen molar-refractivity contribution in [3.63, 3.8) is 0 Å². The molecule has 0 saturated carbocycles. The molecule has 1 aromatic carbocycles. The lowest BCUT2D eigenvalue weighted by molar-refractivity contribution is 0.290. The molecular weight excluding hydrogens is 216 g/mol. The predicted octanol–water partition coefficient (Wildman–Crippen LogP) is 0.161. The van der Waals surface area contributed by atoms with Gasteiger partial charge in [0.25, 0.3) is 0 Å². The van der Waals surface area contributed by atoms with Gasteiger partial charge in [-0.15, -0.1) is 0 Å². The molecule has 0 aliphatic carbocycles. The molecule has 15 heavy (non-hydrogen) atoms. The first-order valence-corrected chi connectivity index (χ1v) is 5.77. The van der Waals surface area contributed by atoms with E-state index in [4.69, 9.17) is 15.1 Å². The monoisotopic (exact) mass is 224 g/mol. The van der Waals surface area contributed by atoms with Crippen LogP contribution in [0.2, 0.25) is 0 Å².